The van der Waals surface area contributed by atoms with Crippen LogP contribution in [0.1, 0.15) is 38.2 Å². The maximum Gasteiger partial charge on any atom is 0.321 e. The molecule has 0 spiro atoms. The van der Waals surface area contributed by atoms with Gasteiger partial charge >= 0.3 is 6.03 Å². The SMILES string of the molecule is CCN(CCO)C(=O)Nc1cccc(OC2CCCC2)c1C. The first kappa shape index (κ1) is 16.6. The van der Waals surface area contributed by atoms with Gasteiger partial charge in [0.1, 0.15) is 5.75 Å². The van der Waals surface area contributed by atoms with Gasteiger partial charge in [0.05, 0.1) is 12.7 Å². The summed E-state index contributed by atoms with van der Waals surface area (Å²) in [5.74, 6) is 0.843. The van der Waals surface area contributed by atoms with Gasteiger partial charge in [-0.25, -0.2) is 4.79 Å². The van der Waals surface area contributed by atoms with Gasteiger partial charge in [-0.15, -0.1) is 0 Å². The number of benzene rings is 1. The minimum absolute atomic E-state index is 0.0366. The standard InChI is InChI=1S/C17H26N2O3/c1-3-19(11-12-20)17(21)18-15-9-6-10-16(13(15)2)22-14-7-4-5-8-14/h6,9-10,14,20H,3-5,7-8,11-12H2,1-2H3,(H,18,21). The summed E-state index contributed by atoms with van der Waals surface area (Å²) in [4.78, 5) is 13.8. The number of amides is 2. The third-order valence-corrected chi connectivity index (χ3v) is 4.16. The van der Waals surface area contributed by atoms with E-state index in [0.717, 1.165) is 29.8 Å². The molecule has 5 heteroatoms. The number of nitrogens with one attached hydrogen (secondary N) is 1. The molecule has 5 nitrogen and oxygen atoms in total. The van der Waals surface area contributed by atoms with Crippen LogP contribution in [-0.4, -0.2) is 41.8 Å². The molecule has 122 valence electrons. The molecule has 0 bridgehead atoms. The molecule has 0 unspecified atom stereocenters. The summed E-state index contributed by atoms with van der Waals surface area (Å²) in [7, 11) is 0. The Balaban J connectivity index is 2.05. The Kier molecular flexibility index (Phi) is 6.07. The number of rotatable bonds is 6. The molecular weight excluding hydrogens is 280 g/mol. The molecule has 2 amide bonds. The van der Waals surface area contributed by atoms with E-state index in [1.54, 1.807) is 4.90 Å². The third kappa shape index (κ3) is 4.13. The minimum atomic E-state index is -0.197. The lowest BCUT2D eigenvalue weighted by Crippen LogP contribution is -2.37. The van der Waals surface area contributed by atoms with Crippen LogP contribution in [0.2, 0.25) is 0 Å². The van der Waals surface area contributed by atoms with Crippen molar-refractivity contribution < 1.29 is 14.6 Å². The number of carbonyl (C=O) groups is 1. The van der Waals surface area contributed by atoms with Crippen molar-refractivity contribution in [3.05, 3.63) is 23.8 Å². The molecule has 1 aromatic carbocycles. The molecule has 1 saturated carbocycles. The van der Waals surface area contributed by atoms with Crippen LogP contribution in [0.15, 0.2) is 18.2 Å². The molecule has 1 aliphatic carbocycles. The van der Waals surface area contributed by atoms with Crippen molar-refractivity contribution in [2.24, 2.45) is 0 Å². The second-order valence-corrected chi connectivity index (χ2v) is 5.69. The van der Waals surface area contributed by atoms with Crippen molar-refractivity contribution in [1.29, 1.82) is 0 Å². The molecule has 0 aliphatic heterocycles. The van der Waals surface area contributed by atoms with Crippen LogP contribution in [0.4, 0.5) is 10.5 Å². The molecule has 1 aliphatic rings. The van der Waals surface area contributed by atoms with Gasteiger partial charge in [0.25, 0.3) is 0 Å². The summed E-state index contributed by atoms with van der Waals surface area (Å²) in [5, 5.41) is 11.9. The zero-order chi connectivity index (χ0) is 15.9. The molecule has 0 heterocycles. The normalized spacial score (nSPS) is 14.9. The Hall–Kier alpha value is -1.75. The van der Waals surface area contributed by atoms with Crippen LogP contribution in [-0.2, 0) is 0 Å². The average molecular weight is 306 g/mol. The van der Waals surface area contributed by atoms with Crippen molar-refractivity contribution in [3.8, 4) is 5.75 Å². The van der Waals surface area contributed by atoms with Gasteiger partial charge in [0, 0.05) is 24.3 Å². The second kappa shape index (κ2) is 8.03. The van der Waals surface area contributed by atoms with Gasteiger partial charge in [0.15, 0.2) is 0 Å². The highest BCUT2D eigenvalue weighted by molar-refractivity contribution is 5.90. The van der Waals surface area contributed by atoms with Gasteiger partial charge in [0.2, 0.25) is 0 Å². The van der Waals surface area contributed by atoms with E-state index in [2.05, 4.69) is 5.32 Å². The van der Waals surface area contributed by atoms with Crippen LogP contribution in [0.3, 0.4) is 0 Å². The quantitative estimate of drug-likeness (QED) is 0.848. The molecule has 0 saturated heterocycles. The van der Waals surface area contributed by atoms with Gasteiger partial charge < -0.3 is 20.1 Å². The van der Waals surface area contributed by atoms with E-state index >= 15 is 0 Å². The van der Waals surface area contributed by atoms with Crippen LogP contribution in [0.25, 0.3) is 0 Å². The summed E-state index contributed by atoms with van der Waals surface area (Å²) < 4.78 is 6.06. The summed E-state index contributed by atoms with van der Waals surface area (Å²) in [5.41, 5.74) is 1.71. The molecule has 22 heavy (non-hydrogen) atoms. The summed E-state index contributed by atoms with van der Waals surface area (Å²) in [6.07, 6.45) is 4.97. The van der Waals surface area contributed by atoms with Crippen molar-refractivity contribution in [3.63, 3.8) is 0 Å². The molecule has 2 N–H and O–H groups in total. The van der Waals surface area contributed by atoms with E-state index in [4.69, 9.17) is 9.84 Å². The summed E-state index contributed by atoms with van der Waals surface area (Å²) in [6, 6.07) is 5.53. The van der Waals surface area contributed by atoms with E-state index in [-0.39, 0.29) is 12.6 Å². The fraction of sp³-hybridized carbons (Fsp3) is 0.588. The summed E-state index contributed by atoms with van der Waals surface area (Å²) in [6.45, 7) is 4.71. The molecule has 1 fully saturated rings. The number of aliphatic hydroxyl groups excluding tert-OH is 1. The Morgan fingerprint density at radius 2 is 2.14 bits per heavy atom. The number of nitrogens with zero attached hydrogens (tertiary/aromatic N) is 1. The molecular formula is C17H26N2O3. The minimum Gasteiger partial charge on any atom is -0.490 e. The predicted octanol–water partition coefficient (Wildman–Crippen LogP) is 3.16. The highest BCUT2D eigenvalue weighted by Gasteiger charge is 2.19. The lowest BCUT2D eigenvalue weighted by atomic mass is 10.1. The van der Waals surface area contributed by atoms with Gasteiger partial charge in [-0.1, -0.05) is 6.07 Å². The maximum atomic E-state index is 12.2. The Labute approximate surface area is 132 Å². The number of ether oxygens (including phenoxy) is 1. The largest absolute Gasteiger partial charge is 0.490 e. The number of aliphatic hydroxyl groups is 1. The topological polar surface area (TPSA) is 61.8 Å². The number of anilines is 1. The van der Waals surface area contributed by atoms with Crippen LogP contribution in [0, 0.1) is 6.92 Å². The van der Waals surface area contributed by atoms with Crippen molar-refractivity contribution in [2.75, 3.05) is 25.0 Å². The van der Waals surface area contributed by atoms with Gasteiger partial charge in [-0.2, -0.15) is 0 Å². The van der Waals surface area contributed by atoms with E-state index in [1.807, 2.05) is 32.0 Å². The van der Waals surface area contributed by atoms with Crippen LogP contribution >= 0.6 is 0 Å². The maximum absolute atomic E-state index is 12.2. The third-order valence-electron chi connectivity index (χ3n) is 4.16. The average Bonchev–Trinajstić information content (AvgIpc) is 3.01. The smallest absolute Gasteiger partial charge is 0.321 e. The van der Waals surface area contributed by atoms with E-state index < -0.39 is 0 Å². The molecule has 0 radical (unpaired) electrons. The summed E-state index contributed by atoms with van der Waals surface area (Å²) >= 11 is 0. The van der Waals surface area contributed by atoms with E-state index in [0.29, 0.717) is 19.2 Å². The second-order valence-electron chi connectivity index (χ2n) is 5.69. The number of urea groups is 1. The zero-order valence-corrected chi connectivity index (χ0v) is 13.5. The monoisotopic (exact) mass is 306 g/mol. The number of hydrogen-bond donors (Lipinski definition) is 2. The highest BCUT2D eigenvalue weighted by Crippen LogP contribution is 2.30. The fourth-order valence-corrected chi connectivity index (χ4v) is 2.78. The Bertz CT molecular complexity index is 499. The predicted molar refractivity (Wildman–Crippen MR) is 87.4 cm³/mol. The molecule has 0 atom stereocenters. The number of carbonyl (C=O) groups excluding carboxylic acids is 1. The van der Waals surface area contributed by atoms with Crippen LogP contribution < -0.4 is 10.1 Å². The van der Waals surface area contributed by atoms with Crippen LogP contribution in [0.5, 0.6) is 5.75 Å². The van der Waals surface area contributed by atoms with E-state index in [9.17, 15) is 4.79 Å². The van der Waals surface area contributed by atoms with Gasteiger partial charge in [-0.3, -0.25) is 0 Å². The first-order valence-corrected chi connectivity index (χ1v) is 8.08. The van der Waals surface area contributed by atoms with Crippen molar-refractivity contribution in [1.82, 2.24) is 4.90 Å². The van der Waals surface area contributed by atoms with Crippen molar-refractivity contribution >= 4 is 11.7 Å². The molecule has 0 aromatic heterocycles. The number of hydrogen-bond acceptors (Lipinski definition) is 3. The van der Waals surface area contributed by atoms with Gasteiger partial charge in [-0.05, 0) is 51.7 Å². The number of likely N-dealkylation sites (N-methyl/N-ethyl adjacent to an activating group) is 1. The fourth-order valence-electron chi connectivity index (χ4n) is 2.78. The Morgan fingerprint density at radius 3 is 2.77 bits per heavy atom. The molecule has 1 aromatic rings. The first-order chi connectivity index (χ1) is 10.7. The lowest BCUT2D eigenvalue weighted by molar-refractivity contribution is 0.192. The Morgan fingerprint density at radius 1 is 1.41 bits per heavy atom. The molecule has 2 rings (SSSR count). The zero-order valence-electron chi connectivity index (χ0n) is 13.5. The first-order valence-electron chi connectivity index (χ1n) is 8.08. The lowest BCUT2D eigenvalue weighted by Gasteiger charge is -2.22. The van der Waals surface area contributed by atoms with Crippen molar-refractivity contribution in [2.45, 2.75) is 45.6 Å². The van der Waals surface area contributed by atoms with E-state index in [1.165, 1.54) is 12.8 Å². The highest BCUT2D eigenvalue weighted by atomic mass is 16.5.